The zero-order chi connectivity index (χ0) is 17.2. The van der Waals surface area contributed by atoms with Crippen molar-refractivity contribution in [1.82, 2.24) is 10.3 Å². The molecule has 0 atom stereocenters. The van der Waals surface area contributed by atoms with E-state index in [9.17, 15) is 4.79 Å². The fraction of sp³-hybridized carbons (Fsp3) is 0.632. The van der Waals surface area contributed by atoms with E-state index in [2.05, 4.69) is 36.2 Å². The molecule has 130 valence electrons. The molecule has 0 radical (unpaired) electrons. The monoisotopic (exact) mass is 329 g/mol. The lowest BCUT2D eigenvalue weighted by atomic mass is 9.67. The molecule has 5 heteroatoms. The molecule has 1 saturated carbocycles. The predicted octanol–water partition coefficient (Wildman–Crippen LogP) is 3.45. The summed E-state index contributed by atoms with van der Waals surface area (Å²) in [6.07, 6.45) is 8.34. The van der Waals surface area contributed by atoms with Crippen LogP contribution in [-0.2, 0) is 16.2 Å². The number of amides is 1. The summed E-state index contributed by atoms with van der Waals surface area (Å²) in [5, 5.41) is 7.02. The number of aromatic nitrogens is 1. The molecular formula is C19H27N3O2. The van der Waals surface area contributed by atoms with Crippen molar-refractivity contribution in [3.8, 4) is 0 Å². The van der Waals surface area contributed by atoms with Crippen LogP contribution in [0.5, 0.6) is 0 Å². The molecule has 0 saturated heterocycles. The summed E-state index contributed by atoms with van der Waals surface area (Å²) in [6.45, 7) is 7.40. The topological polar surface area (TPSA) is 63.6 Å². The Bertz CT molecular complexity index is 611. The molecule has 3 rings (SSSR count). The molecule has 5 nitrogen and oxygen atoms in total. The van der Waals surface area contributed by atoms with Crippen molar-refractivity contribution < 1.29 is 9.63 Å². The summed E-state index contributed by atoms with van der Waals surface area (Å²) >= 11 is 0. The molecule has 1 aliphatic carbocycles. The van der Waals surface area contributed by atoms with Crippen LogP contribution in [0.1, 0.15) is 58.4 Å². The van der Waals surface area contributed by atoms with Crippen LogP contribution in [-0.4, -0.2) is 22.2 Å². The lowest BCUT2D eigenvalue weighted by molar-refractivity contribution is -0.115. The van der Waals surface area contributed by atoms with Gasteiger partial charge >= 0.3 is 0 Å². The van der Waals surface area contributed by atoms with Gasteiger partial charge in [-0.15, -0.1) is 0 Å². The molecule has 1 fully saturated rings. The van der Waals surface area contributed by atoms with E-state index in [4.69, 9.17) is 4.84 Å². The first-order valence-electron chi connectivity index (χ1n) is 8.80. The summed E-state index contributed by atoms with van der Waals surface area (Å²) in [5.74, 6) is 0.595. The Balaban J connectivity index is 1.51. The molecule has 2 aliphatic rings. The van der Waals surface area contributed by atoms with Crippen LogP contribution in [0.2, 0.25) is 0 Å². The van der Waals surface area contributed by atoms with Gasteiger partial charge in [-0.1, -0.05) is 25.9 Å². The summed E-state index contributed by atoms with van der Waals surface area (Å²) in [4.78, 5) is 22.0. The highest BCUT2D eigenvalue weighted by Crippen LogP contribution is 2.45. The molecule has 1 aromatic heterocycles. The molecule has 1 aromatic rings. The Morgan fingerprint density at radius 3 is 2.58 bits per heavy atom. The molecular weight excluding hydrogens is 302 g/mol. The van der Waals surface area contributed by atoms with Crippen molar-refractivity contribution in [3.05, 3.63) is 30.1 Å². The fourth-order valence-electron chi connectivity index (χ4n) is 3.71. The van der Waals surface area contributed by atoms with Crippen molar-refractivity contribution in [2.45, 2.75) is 65.0 Å². The minimum absolute atomic E-state index is 0.123. The lowest BCUT2D eigenvalue weighted by Gasteiger charge is -2.40. The van der Waals surface area contributed by atoms with Crippen LogP contribution >= 0.6 is 0 Å². The van der Waals surface area contributed by atoms with Crippen LogP contribution in [0.25, 0.3) is 0 Å². The van der Waals surface area contributed by atoms with Gasteiger partial charge in [0, 0.05) is 25.4 Å². The first-order chi connectivity index (χ1) is 11.4. The largest absolute Gasteiger partial charge is 0.388 e. The van der Waals surface area contributed by atoms with Crippen LogP contribution in [0, 0.1) is 11.3 Å². The minimum Gasteiger partial charge on any atom is -0.388 e. The summed E-state index contributed by atoms with van der Waals surface area (Å²) in [5.41, 5.74) is 1.65. The Morgan fingerprint density at radius 1 is 1.29 bits per heavy atom. The third kappa shape index (κ3) is 3.77. The number of hydrogen-bond donors (Lipinski definition) is 1. The third-order valence-electron chi connectivity index (χ3n) is 5.43. The number of nitrogens with one attached hydrogen (secondary N) is 1. The van der Waals surface area contributed by atoms with Gasteiger partial charge in [0.25, 0.3) is 5.91 Å². The molecule has 24 heavy (non-hydrogen) atoms. The number of rotatable bonds is 3. The van der Waals surface area contributed by atoms with Gasteiger partial charge < -0.3 is 10.2 Å². The molecule has 0 unspecified atom stereocenters. The highest BCUT2D eigenvalue weighted by molar-refractivity contribution is 6.39. The van der Waals surface area contributed by atoms with Gasteiger partial charge in [0.1, 0.15) is 11.3 Å². The first-order valence-corrected chi connectivity index (χ1v) is 8.80. The van der Waals surface area contributed by atoms with Gasteiger partial charge in [-0.05, 0) is 54.7 Å². The molecule has 0 bridgehead atoms. The summed E-state index contributed by atoms with van der Waals surface area (Å²) < 4.78 is 0. The van der Waals surface area contributed by atoms with E-state index < -0.39 is 0 Å². The number of oxime groups is 1. The Labute approximate surface area is 143 Å². The Morgan fingerprint density at radius 2 is 1.96 bits per heavy atom. The zero-order valence-electron chi connectivity index (χ0n) is 14.8. The molecule has 1 amide bonds. The maximum absolute atomic E-state index is 12.3. The van der Waals surface area contributed by atoms with Crippen LogP contribution in [0.3, 0.4) is 0 Å². The Kier molecular flexibility index (Phi) is 4.61. The highest BCUT2D eigenvalue weighted by atomic mass is 16.7. The lowest BCUT2D eigenvalue weighted by Crippen LogP contribution is -2.39. The molecule has 2 heterocycles. The molecule has 0 aromatic carbocycles. The summed E-state index contributed by atoms with van der Waals surface area (Å²) in [7, 11) is 0. The summed E-state index contributed by atoms with van der Waals surface area (Å²) in [6, 6.07) is 3.78. The van der Waals surface area contributed by atoms with Gasteiger partial charge in [-0.3, -0.25) is 9.78 Å². The second kappa shape index (κ2) is 6.54. The van der Waals surface area contributed by atoms with Crippen molar-refractivity contribution in [3.63, 3.8) is 0 Å². The van der Waals surface area contributed by atoms with E-state index in [1.54, 1.807) is 12.4 Å². The number of carbonyl (C=O) groups is 1. The van der Waals surface area contributed by atoms with Crippen LogP contribution < -0.4 is 5.32 Å². The number of hydrogen-bond acceptors (Lipinski definition) is 4. The second-order valence-electron chi connectivity index (χ2n) is 8.17. The van der Waals surface area contributed by atoms with Crippen LogP contribution in [0.15, 0.2) is 29.7 Å². The van der Waals surface area contributed by atoms with Crippen molar-refractivity contribution in [2.75, 3.05) is 0 Å². The quantitative estimate of drug-likeness (QED) is 0.924. The van der Waals surface area contributed by atoms with Gasteiger partial charge in [0.2, 0.25) is 0 Å². The van der Waals surface area contributed by atoms with Gasteiger partial charge in [-0.2, -0.15) is 0 Å². The number of nitrogens with zero attached hydrogens (tertiary/aromatic N) is 2. The Hall–Kier alpha value is -1.91. The third-order valence-corrected chi connectivity index (χ3v) is 5.43. The minimum atomic E-state index is -0.245. The normalized spacial score (nSPS) is 26.8. The molecule has 1 spiro atoms. The first kappa shape index (κ1) is 16.9. The average Bonchev–Trinajstić information content (AvgIpc) is 2.97. The maximum Gasteiger partial charge on any atom is 0.269 e. The van der Waals surface area contributed by atoms with E-state index in [-0.39, 0.29) is 11.5 Å². The van der Waals surface area contributed by atoms with Crippen molar-refractivity contribution in [1.29, 1.82) is 0 Å². The van der Waals surface area contributed by atoms with Gasteiger partial charge in [0.15, 0.2) is 0 Å². The van der Waals surface area contributed by atoms with E-state index in [1.165, 1.54) is 0 Å². The van der Waals surface area contributed by atoms with E-state index in [0.717, 1.165) is 37.2 Å². The zero-order valence-corrected chi connectivity index (χ0v) is 14.8. The molecule has 1 aliphatic heterocycles. The number of pyridine rings is 1. The highest BCUT2D eigenvalue weighted by Gasteiger charge is 2.45. The fourth-order valence-corrected chi connectivity index (χ4v) is 3.71. The van der Waals surface area contributed by atoms with E-state index in [1.807, 2.05) is 12.1 Å². The van der Waals surface area contributed by atoms with E-state index in [0.29, 0.717) is 24.1 Å². The molecule has 1 N–H and O–H groups in total. The van der Waals surface area contributed by atoms with E-state index >= 15 is 0 Å². The van der Waals surface area contributed by atoms with Gasteiger partial charge in [0.05, 0.1) is 0 Å². The van der Waals surface area contributed by atoms with Crippen LogP contribution in [0.4, 0.5) is 0 Å². The van der Waals surface area contributed by atoms with Gasteiger partial charge in [-0.25, -0.2) is 0 Å². The smallest absolute Gasteiger partial charge is 0.269 e. The van der Waals surface area contributed by atoms with Crippen molar-refractivity contribution in [2.24, 2.45) is 16.5 Å². The average molecular weight is 329 g/mol. The number of carbonyl (C=O) groups excluding carboxylic acids is 1. The maximum atomic E-state index is 12.3. The predicted molar refractivity (Wildman–Crippen MR) is 93.4 cm³/mol. The standard InChI is InChI=1S/C19H27N3O2/c1-18(2,3)15-4-8-19(9-5-15)12-16(22-24-19)17(23)21-13-14-6-10-20-11-7-14/h6-7,10-11,15H,4-5,8-9,12-13H2,1-3H3,(H,21,23)/t15-,19-. The second-order valence-corrected chi connectivity index (χ2v) is 8.17. The van der Waals surface area contributed by atoms with Crippen molar-refractivity contribution >= 4 is 11.6 Å². The SMILES string of the molecule is CC(C)(C)[C@H]1CC[C@]2(CC1)CC(C(=O)NCc1ccncc1)=NO2.